The lowest BCUT2D eigenvalue weighted by Gasteiger charge is -2.28. The third-order valence-corrected chi connectivity index (χ3v) is 4.35. The minimum absolute atomic E-state index is 0.247. The van der Waals surface area contributed by atoms with Crippen molar-refractivity contribution in [1.29, 1.82) is 0 Å². The van der Waals surface area contributed by atoms with Crippen LogP contribution in [0.15, 0.2) is 33.9 Å². The highest BCUT2D eigenvalue weighted by molar-refractivity contribution is 6.32. The van der Waals surface area contributed by atoms with E-state index in [0.29, 0.717) is 16.7 Å². The molecule has 3 N–H and O–H groups in total. The molecule has 0 amide bonds. The first kappa shape index (κ1) is 15.0. The van der Waals surface area contributed by atoms with Crippen LogP contribution in [0.2, 0.25) is 5.02 Å². The second-order valence-electron chi connectivity index (χ2n) is 5.54. The molecule has 1 aromatic carbocycles. The average Bonchev–Trinajstić information content (AvgIpc) is 2.95. The summed E-state index contributed by atoms with van der Waals surface area (Å²) in [5.74, 6) is 0.590. The fourth-order valence-electron chi connectivity index (χ4n) is 2.94. The number of para-hydroxylation sites is 1. The lowest BCUT2D eigenvalue weighted by atomic mass is 10.3. The standard InChI is InChI=1S/C15H15ClN6O2/c16-9-3-1-2-4-10(9)22-11-12(18-14(24)20-13(11)23)19-15(22)21-7-5-17-6-8-21/h1-4,17H,5-8H2,(H2,18,20,23,24). The van der Waals surface area contributed by atoms with E-state index in [4.69, 9.17) is 11.6 Å². The number of hydrogen-bond donors (Lipinski definition) is 3. The van der Waals surface area contributed by atoms with E-state index < -0.39 is 11.2 Å². The van der Waals surface area contributed by atoms with E-state index >= 15 is 0 Å². The first-order valence-corrected chi connectivity index (χ1v) is 7.98. The Hall–Kier alpha value is -2.58. The van der Waals surface area contributed by atoms with Crippen molar-refractivity contribution in [3.63, 3.8) is 0 Å². The molecule has 0 aliphatic carbocycles. The van der Waals surface area contributed by atoms with Crippen LogP contribution < -0.4 is 21.5 Å². The number of nitrogens with zero attached hydrogens (tertiary/aromatic N) is 3. The number of imidazole rings is 1. The molecular formula is C15H15ClN6O2. The van der Waals surface area contributed by atoms with Crippen LogP contribution in [0, 0.1) is 0 Å². The molecule has 0 radical (unpaired) electrons. The van der Waals surface area contributed by atoms with E-state index in [-0.39, 0.29) is 11.2 Å². The zero-order chi connectivity index (χ0) is 16.7. The average molecular weight is 347 g/mol. The van der Waals surface area contributed by atoms with E-state index in [1.807, 2.05) is 18.2 Å². The maximum Gasteiger partial charge on any atom is 0.327 e. The minimum atomic E-state index is -0.580. The Morgan fingerprint density at radius 3 is 2.58 bits per heavy atom. The van der Waals surface area contributed by atoms with Crippen LogP contribution in [0.1, 0.15) is 0 Å². The Morgan fingerprint density at radius 1 is 1.08 bits per heavy atom. The van der Waals surface area contributed by atoms with E-state index in [0.717, 1.165) is 26.2 Å². The van der Waals surface area contributed by atoms with Gasteiger partial charge < -0.3 is 10.2 Å². The third kappa shape index (κ3) is 2.40. The van der Waals surface area contributed by atoms with E-state index in [9.17, 15) is 9.59 Å². The number of nitrogens with one attached hydrogen (secondary N) is 3. The number of anilines is 1. The van der Waals surface area contributed by atoms with Gasteiger partial charge in [-0.2, -0.15) is 4.98 Å². The van der Waals surface area contributed by atoms with Crippen molar-refractivity contribution in [2.45, 2.75) is 0 Å². The van der Waals surface area contributed by atoms with Crippen LogP contribution in [0.4, 0.5) is 5.95 Å². The summed E-state index contributed by atoms with van der Waals surface area (Å²) in [6, 6.07) is 7.24. The van der Waals surface area contributed by atoms with Crippen LogP contribution in [-0.2, 0) is 0 Å². The summed E-state index contributed by atoms with van der Waals surface area (Å²) in [7, 11) is 0. The first-order valence-electron chi connectivity index (χ1n) is 7.61. The predicted octanol–water partition coefficient (Wildman–Crippen LogP) is 0.465. The number of aromatic amines is 2. The summed E-state index contributed by atoms with van der Waals surface area (Å²) in [6.45, 7) is 3.13. The Labute approximate surface area is 141 Å². The summed E-state index contributed by atoms with van der Waals surface area (Å²) >= 11 is 6.35. The Morgan fingerprint density at radius 2 is 1.83 bits per heavy atom. The van der Waals surface area contributed by atoms with Gasteiger partial charge in [0, 0.05) is 26.2 Å². The fourth-order valence-corrected chi connectivity index (χ4v) is 3.16. The molecule has 24 heavy (non-hydrogen) atoms. The summed E-state index contributed by atoms with van der Waals surface area (Å²) in [5, 5.41) is 3.78. The van der Waals surface area contributed by atoms with Crippen molar-refractivity contribution in [3.8, 4) is 5.69 Å². The first-order chi connectivity index (χ1) is 11.6. The molecule has 0 atom stereocenters. The van der Waals surface area contributed by atoms with Gasteiger partial charge in [-0.25, -0.2) is 4.79 Å². The highest BCUT2D eigenvalue weighted by Gasteiger charge is 2.23. The molecule has 124 valence electrons. The van der Waals surface area contributed by atoms with Gasteiger partial charge in [-0.3, -0.25) is 19.3 Å². The Balaban J connectivity index is 2.06. The third-order valence-electron chi connectivity index (χ3n) is 4.03. The molecule has 1 aliphatic rings. The number of fused-ring (bicyclic) bond motifs is 1. The minimum Gasteiger partial charge on any atom is -0.339 e. The number of halogens is 1. The molecule has 1 aliphatic heterocycles. The normalized spacial score (nSPS) is 15.1. The molecule has 3 aromatic rings. The van der Waals surface area contributed by atoms with Crippen LogP contribution in [0.5, 0.6) is 0 Å². The van der Waals surface area contributed by atoms with Gasteiger partial charge in [0.15, 0.2) is 11.2 Å². The molecule has 4 rings (SSSR count). The summed E-state index contributed by atoms with van der Waals surface area (Å²) in [6.07, 6.45) is 0. The highest BCUT2D eigenvalue weighted by atomic mass is 35.5. The largest absolute Gasteiger partial charge is 0.339 e. The molecule has 0 bridgehead atoms. The van der Waals surface area contributed by atoms with Crippen molar-refractivity contribution in [3.05, 3.63) is 50.1 Å². The lowest BCUT2D eigenvalue weighted by Crippen LogP contribution is -2.44. The summed E-state index contributed by atoms with van der Waals surface area (Å²) < 4.78 is 1.71. The van der Waals surface area contributed by atoms with Crippen molar-refractivity contribution in [2.75, 3.05) is 31.1 Å². The number of rotatable bonds is 2. The molecular weight excluding hydrogens is 332 g/mol. The molecule has 3 heterocycles. The van der Waals surface area contributed by atoms with Crippen molar-refractivity contribution in [2.24, 2.45) is 0 Å². The fraction of sp³-hybridized carbons (Fsp3) is 0.267. The maximum absolute atomic E-state index is 12.4. The van der Waals surface area contributed by atoms with Crippen molar-refractivity contribution in [1.82, 2.24) is 24.8 Å². The van der Waals surface area contributed by atoms with Crippen LogP contribution in [0.3, 0.4) is 0 Å². The van der Waals surface area contributed by atoms with Crippen molar-refractivity contribution >= 4 is 28.7 Å². The molecule has 0 saturated carbocycles. The van der Waals surface area contributed by atoms with Crippen LogP contribution >= 0.6 is 11.6 Å². The smallest absolute Gasteiger partial charge is 0.327 e. The van der Waals surface area contributed by atoms with Gasteiger partial charge in [0.2, 0.25) is 5.95 Å². The zero-order valence-electron chi connectivity index (χ0n) is 12.7. The lowest BCUT2D eigenvalue weighted by molar-refractivity contribution is 0.578. The molecule has 0 spiro atoms. The zero-order valence-corrected chi connectivity index (χ0v) is 13.4. The molecule has 0 unspecified atom stereocenters. The summed E-state index contributed by atoms with van der Waals surface area (Å²) in [4.78, 5) is 35.4. The van der Waals surface area contributed by atoms with Gasteiger partial charge in [-0.05, 0) is 12.1 Å². The SMILES string of the molecule is O=c1[nH]c(=O)c2c(nc(N3CCNCC3)n2-c2ccccc2Cl)[nH]1. The Bertz CT molecular complexity index is 1010. The molecule has 9 heteroatoms. The summed E-state index contributed by atoms with van der Waals surface area (Å²) in [5.41, 5.74) is 0.0897. The monoisotopic (exact) mass is 346 g/mol. The van der Waals surface area contributed by atoms with E-state index in [2.05, 4.69) is 25.2 Å². The van der Waals surface area contributed by atoms with Gasteiger partial charge in [0.25, 0.3) is 5.56 Å². The second kappa shape index (κ2) is 5.81. The van der Waals surface area contributed by atoms with E-state index in [1.165, 1.54) is 0 Å². The highest BCUT2D eigenvalue weighted by Crippen LogP contribution is 2.28. The van der Waals surface area contributed by atoms with Crippen LogP contribution in [-0.4, -0.2) is 45.7 Å². The van der Waals surface area contributed by atoms with Gasteiger partial charge in [-0.15, -0.1) is 0 Å². The molecule has 1 saturated heterocycles. The van der Waals surface area contributed by atoms with Crippen LogP contribution in [0.25, 0.3) is 16.9 Å². The molecule has 1 fully saturated rings. The van der Waals surface area contributed by atoms with Gasteiger partial charge in [0.1, 0.15) is 0 Å². The van der Waals surface area contributed by atoms with E-state index in [1.54, 1.807) is 10.6 Å². The number of aromatic nitrogens is 4. The Kier molecular flexibility index (Phi) is 3.62. The number of piperazine rings is 1. The number of benzene rings is 1. The quantitative estimate of drug-likeness (QED) is 0.626. The van der Waals surface area contributed by atoms with Gasteiger partial charge in [-0.1, -0.05) is 23.7 Å². The topological polar surface area (TPSA) is 98.8 Å². The second-order valence-corrected chi connectivity index (χ2v) is 5.95. The molecule has 8 nitrogen and oxygen atoms in total. The maximum atomic E-state index is 12.4. The number of hydrogen-bond acceptors (Lipinski definition) is 5. The predicted molar refractivity (Wildman–Crippen MR) is 92.4 cm³/mol. The van der Waals surface area contributed by atoms with Gasteiger partial charge in [0.05, 0.1) is 10.7 Å². The van der Waals surface area contributed by atoms with Crippen molar-refractivity contribution < 1.29 is 0 Å². The molecule has 2 aromatic heterocycles. The van der Waals surface area contributed by atoms with Gasteiger partial charge >= 0.3 is 5.69 Å². The number of H-pyrrole nitrogens is 2.